The number of anilines is 2. The number of aromatic nitrogens is 5. The number of halogens is 1. The van der Waals surface area contributed by atoms with Crippen LogP contribution in [0.4, 0.5) is 15.3 Å². The van der Waals surface area contributed by atoms with Crippen LogP contribution in [0.1, 0.15) is 6.42 Å². The molecule has 0 aliphatic carbocycles. The average Bonchev–Trinajstić information content (AvgIpc) is 3.54. The van der Waals surface area contributed by atoms with E-state index in [9.17, 15) is 14.3 Å². The van der Waals surface area contributed by atoms with Crippen molar-refractivity contribution in [1.29, 1.82) is 0 Å². The second-order valence-corrected chi connectivity index (χ2v) is 8.59. The SMILES string of the molecule is O=C(NCCn1cnc2cnc(Nc3ncc(-c4ncccc4F)s3)cc21)[C@H]1NCC[C@@H]1O. The van der Waals surface area contributed by atoms with Crippen molar-refractivity contribution < 1.29 is 14.3 Å². The van der Waals surface area contributed by atoms with E-state index >= 15 is 0 Å². The van der Waals surface area contributed by atoms with Gasteiger partial charge in [-0.1, -0.05) is 11.3 Å². The molecule has 1 amide bonds. The molecule has 0 radical (unpaired) electrons. The molecule has 2 atom stereocenters. The number of nitrogens with one attached hydrogen (secondary N) is 3. The number of aliphatic hydroxyl groups is 1. The van der Waals surface area contributed by atoms with Gasteiger partial charge in [-0.25, -0.2) is 19.3 Å². The van der Waals surface area contributed by atoms with Crippen LogP contribution in [0.3, 0.4) is 0 Å². The molecule has 4 N–H and O–H groups in total. The minimum absolute atomic E-state index is 0.211. The summed E-state index contributed by atoms with van der Waals surface area (Å²) in [7, 11) is 0. The summed E-state index contributed by atoms with van der Waals surface area (Å²) in [5.74, 6) is -0.0484. The van der Waals surface area contributed by atoms with Crippen LogP contribution in [-0.2, 0) is 11.3 Å². The third-order valence-corrected chi connectivity index (χ3v) is 6.28. The first-order valence-corrected chi connectivity index (χ1v) is 11.2. The Labute approximate surface area is 191 Å². The van der Waals surface area contributed by atoms with Crippen molar-refractivity contribution in [3.63, 3.8) is 0 Å². The predicted octanol–water partition coefficient (Wildman–Crippen LogP) is 1.67. The molecule has 0 spiro atoms. The van der Waals surface area contributed by atoms with E-state index in [1.165, 1.54) is 23.6 Å². The van der Waals surface area contributed by atoms with Crippen molar-refractivity contribution in [3.8, 4) is 10.6 Å². The first kappa shape index (κ1) is 21.4. The molecule has 0 saturated carbocycles. The molecule has 1 aliphatic heterocycles. The van der Waals surface area contributed by atoms with Crippen LogP contribution in [-0.4, -0.2) is 60.8 Å². The Morgan fingerprint density at radius 2 is 2.21 bits per heavy atom. The van der Waals surface area contributed by atoms with Gasteiger partial charge in [0.05, 0.1) is 29.0 Å². The maximum atomic E-state index is 14.0. The summed E-state index contributed by atoms with van der Waals surface area (Å²) >= 11 is 1.27. The molecular formula is C21H21FN8O2S. The lowest BCUT2D eigenvalue weighted by Gasteiger charge is -2.15. The highest BCUT2D eigenvalue weighted by Crippen LogP contribution is 2.30. The van der Waals surface area contributed by atoms with Crippen molar-refractivity contribution >= 4 is 39.2 Å². The Morgan fingerprint density at radius 1 is 1.30 bits per heavy atom. The van der Waals surface area contributed by atoms with Gasteiger partial charge in [0.1, 0.15) is 28.9 Å². The Kier molecular flexibility index (Phi) is 5.94. The van der Waals surface area contributed by atoms with Gasteiger partial charge < -0.3 is 25.6 Å². The van der Waals surface area contributed by atoms with Crippen LogP contribution in [0.15, 0.2) is 43.1 Å². The van der Waals surface area contributed by atoms with Crippen LogP contribution < -0.4 is 16.0 Å². The molecule has 0 unspecified atom stereocenters. The predicted molar refractivity (Wildman–Crippen MR) is 122 cm³/mol. The van der Waals surface area contributed by atoms with Crippen LogP contribution >= 0.6 is 11.3 Å². The van der Waals surface area contributed by atoms with Gasteiger partial charge in [0, 0.05) is 31.5 Å². The third kappa shape index (κ3) is 4.53. The quantitative estimate of drug-likeness (QED) is 0.322. The maximum Gasteiger partial charge on any atom is 0.239 e. The van der Waals surface area contributed by atoms with Crippen LogP contribution in [0, 0.1) is 5.82 Å². The molecule has 170 valence electrons. The van der Waals surface area contributed by atoms with Crippen molar-refractivity contribution in [3.05, 3.63) is 48.9 Å². The molecule has 1 aliphatic rings. The number of aliphatic hydroxyl groups excluding tert-OH is 1. The number of pyridine rings is 2. The number of amides is 1. The molecular weight excluding hydrogens is 447 g/mol. The standard InChI is InChI=1S/C21H21FN8O2S/c22-12-2-1-4-23-18(12)16-10-27-21(33-16)29-17-8-14-13(9-26-17)28-11-30(14)7-6-25-20(32)19-15(31)3-5-24-19/h1-2,4,8-11,15,19,24,31H,3,5-7H2,(H,25,32)(H,26,27,29)/t15-,19-/m0/s1. The number of hydrogen-bond donors (Lipinski definition) is 4. The monoisotopic (exact) mass is 468 g/mol. The zero-order valence-corrected chi connectivity index (χ0v) is 18.2. The molecule has 5 heterocycles. The summed E-state index contributed by atoms with van der Waals surface area (Å²) in [5.41, 5.74) is 1.82. The number of carbonyl (C=O) groups excluding carboxylic acids is 1. The fourth-order valence-corrected chi connectivity index (χ4v) is 4.51. The van der Waals surface area contributed by atoms with Crippen molar-refractivity contribution in [2.75, 3.05) is 18.4 Å². The highest BCUT2D eigenvalue weighted by molar-refractivity contribution is 7.18. The minimum atomic E-state index is -0.653. The van der Waals surface area contributed by atoms with Gasteiger partial charge in [0.2, 0.25) is 5.91 Å². The first-order chi connectivity index (χ1) is 16.1. The van der Waals surface area contributed by atoms with E-state index in [-0.39, 0.29) is 11.6 Å². The zero-order valence-electron chi connectivity index (χ0n) is 17.4. The van der Waals surface area contributed by atoms with Gasteiger partial charge in [-0.05, 0) is 25.1 Å². The van der Waals surface area contributed by atoms with Crippen LogP contribution in [0.2, 0.25) is 0 Å². The molecule has 12 heteroatoms. The largest absolute Gasteiger partial charge is 0.391 e. The van der Waals surface area contributed by atoms with Gasteiger partial charge in [-0.2, -0.15) is 0 Å². The van der Waals surface area contributed by atoms with Crippen LogP contribution in [0.5, 0.6) is 0 Å². The Balaban J connectivity index is 1.26. The van der Waals surface area contributed by atoms with E-state index in [1.54, 1.807) is 24.8 Å². The summed E-state index contributed by atoms with van der Waals surface area (Å²) in [5, 5.41) is 19.4. The normalized spacial score (nSPS) is 18.0. The smallest absolute Gasteiger partial charge is 0.239 e. The number of nitrogens with zero attached hydrogens (tertiary/aromatic N) is 5. The number of thiazole rings is 1. The number of imidazole rings is 1. The Hall–Kier alpha value is -3.48. The second kappa shape index (κ2) is 9.17. The first-order valence-electron chi connectivity index (χ1n) is 10.4. The van der Waals surface area contributed by atoms with Gasteiger partial charge in [0.25, 0.3) is 0 Å². The molecule has 4 aromatic rings. The minimum Gasteiger partial charge on any atom is -0.391 e. The maximum absolute atomic E-state index is 14.0. The van der Waals surface area contributed by atoms with Gasteiger partial charge in [-0.15, -0.1) is 0 Å². The number of hydrogen-bond acceptors (Lipinski definition) is 9. The number of carbonyl (C=O) groups is 1. The third-order valence-electron chi connectivity index (χ3n) is 5.36. The van der Waals surface area contributed by atoms with Crippen molar-refractivity contribution in [2.45, 2.75) is 25.1 Å². The van der Waals surface area contributed by atoms with E-state index in [1.807, 2.05) is 10.6 Å². The molecule has 33 heavy (non-hydrogen) atoms. The van der Waals surface area contributed by atoms with E-state index < -0.39 is 18.0 Å². The van der Waals surface area contributed by atoms with E-state index in [4.69, 9.17) is 0 Å². The lowest BCUT2D eigenvalue weighted by Crippen LogP contribution is -2.46. The summed E-state index contributed by atoms with van der Waals surface area (Å²) < 4.78 is 15.9. The molecule has 1 saturated heterocycles. The second-order valence-electron chi connectivity index (χ2n) is 7.56. The molecule has 4 aromatic heterocycles. The van der Waals surface area contributed by atoms with Gasteiger partial charge >= 0.3 is 0 Å². The Morgan fingerprint density at radius 3 is 3.03 bits per heavy atom. The number of fused-ring (bicyclic) bond motifs is 1. The number of rotatable bonds is 7. The lowest BCUT2D eigenvalue weighted by atomic mass is 10.1. The summed E-state index contributed by atoms with van der Waals surface area (Å²) in [4.78, 5) is 29.9. The van der Waals surface area contributed by atoms with Crippen molar-refractivity contribution in [2.24, 2.45) is 0 Å². The summed E-state index contributed by atoms with van der Waals surface area (Å²) in [6.07, 6.45) is 6.37. The summed E-state index contributed by atoms with van der Waals surface area (Å²) in [6, 6.07) is 4.18. The highest BCUT2D eigenvalue weighted by atomic mass is 32.1. The van der Waals surface area contributed by atoms with E-state index in [2.05, 4.69) is 35.9 Å². The highest BCUT2D eigenvalue weighted by Gasteiger charge is 2.30. The molecule has 1 fully saturated rings. The molecule has 0 bridgehead atoms. The summed E-state index contributed by atoms with van der Waals surface area (Å²) in [6.45, 7) is 1.53. The van der Waals surface area contributed by atoms with Gasteiger partial charge in [-0.3, -0.25) is 9.78 Å². The average molecular weight is 469 g/mol. The van der Waals surface area contributed by atoms with Crippen molar-refractivity contribution in [1.82, 2.24) is 35.1 Å². The fraction of sp³-hybridized carbons (Fsp3) is 0.286. The zero-order chi connectivity index (χ0) is 22.8. The fourth-order valence-electron chi connectivity index (χ4n) is 3.69. The van der Waals surface area contributed by atoms with Crippen LogP contribution in [0.25, 0.3) is 21.6 Å². The lowest BCUT2D eigenvalue weighted by molar-refractivity contribution is -0.124. The topological polar surface area (TPSA) is 130 Å². The van der Waals surface area contributed by atoms with E-state index in [0.29, 0.717) is 41.9 Å². The van der Waals surface area contributed by atoms with Gasteiger partial charge in [0.15, 0.2) is 5.13 Å². The molecule has 5 rings (SSSR count). The Bertz CT molecular complexity index is 1290. The molecule has 10 nitrogen and oxygen atoms in total. The molecule has 0 aromatic carbocycles. The van der Waals surface area contributed by atoms with E-state index in [0.717, 1.165) is 11.0 Å².